The Hall–Kier alpha value is -2.09. The molecule has 0 saturated heterocycles. The first-order chi connectivity index (χ1) is 8.53. The molecule has 0 aliphatic rings. The van der Waals surface area contributed by atoms with Gasteiger partial charge in [-0.1, -0.05) is 20.8 Å². The lowest BCUT2D eigenvalue weighted by Crippen LogP contribution is -2.46. The van der Waals surface area contributed by atoms with E-state index < -0.39 is 22.5 Å². The van der Waals surface area contributed by atoms with Crippen LogP contribution in [0.1, 0.15) is 45.9 Å². The van der Waals surface area contributed by atoms with Gasteiger partial charge in [-0.05, 0) is 26.0 Å². The van der Waals surface area contributed by atoms with Gasteiger partial charge in [0.2, 0.25) is 0 Å². The van der Waals surface area contributed by atoms with Crippen molar-refractivity contribution in [2.24, 2.45) is 0 Å². The van der Waals surface area contributed by atoms with Gasteiger partial charge in [-0.3, -0.25) is 9.36 Å². The summed E-state index contributed by atoms with van der Waals surface area (Å²) in [5.74, 6) is -1.12. The maximum atomic E-state index is 12.3. The summed E-state index contributed by atoms with van der Waals surface area (Å²) < 4.78 is 1.20. The Kier molecular flexibility index (Phi) is 3.58. The number of nitrogens with zero attached hydrogens (tertiary/aromatic N) is 2. The predicted molar refractivity (Wildman–Crippen MR) is 71.1 cm³/mol. The van der Waals surface area contributed by atoms with Crippen molar-refractivity contribution in [2.45, 2.75) is 45.6 Å². The van der Waals surface area contributed by atoms with E-state index in [1.54, 1.807) is 12.1 Å². The summed E-state index contributed by atoms with van der Waals surface area (Å²) in [6.07, 6.45) is 0. The van der Waals surface area contributed by atoms with Crippen LogP contribution >= 0.6 is 0 Å². The van der Waals surface area contributed by atoms with Gasteiger partial charge in [0.25, 0.3) is 5.56 Å². The molecule has 0 unspecified atom stereocenters. The summed E-state index contributed by atoms with van der Waals surface area (Å²) in [5.41, 5.74) is -1.85. The zero-order chi connectivity index (χ0) is 15.0. The highest BCUT2D eigenvalue weighted by Crippen LogP contribution is 2.26. The third-order valence-corrected chi connectivity index (χ3v) is 3.05. The predicted octanol–water partition coefficient (Wildman–Crippen LogP) is 1.84. The second kappa shape index (κ2) is 4.54. The van der Waals surface area contributed by atoms with Crippen molar-refractivity contribution < 1.29 is 9.90 Å². The fourth-order valence-electron chi connectivity index (χ4n) is 1.86. The standard InChI is InChI=1S/C14H18N2O3/c1-13(2,3)10-7-6-9(8-15)11(17)16(10)14(4,5)12(18)19/h6-7H,1-5H3,(H,18,19). The molecule has 0 bridgehead atoms. The fourth-order valence-corrected chi connectivity index (χ4v) is 1.86. The van der Waals surface area contributed by atoms with Gasteiger partial charge in [0.1, 0.15) is 17.2 Å². The van der Waals surface area contributed by atoms with Gasteiger partial charge in [0.15, 0.2) is 0 Å². The van der Waals surface area contributed by atoms with Gasteiger partial charge in [-0.2, -0.15) is 5.26 Å². The molecule has 1 aromatic rings. The summed E-state index contributed by atoms with van der Waals surface area (Å²) in [7, 11) is 0. The Labute approximate surface area is 112 Å². The number of hydrogen-bond donors (Lipinski definition) is 1. The van der Waals surface area contributed by atoms with Gasteiger partial charge in [0, 0.05) is 11.1 Å². The number of aliphatic carboxylic acids is 1. The van der Waals surface area contributed by atoms with Crippen molar-refractivity contribution in [1.82, 2.24) is 4.57 Å². The second-order valence-corrected chi connectivity index (χ2v) is 6.00. The van der Waals surface area contributed by atoms with Crippen LogP contribution in [0.3, 0.4) is 0 Å². The lowest BCUT2D eigenvalue weighted by molar-refractivity contribution is -0.146. The average molecular weight is 262 g/mol. The number of carbonyl (C=O) groups is 1. The van der Waals surface area contributed by atoms with Crippen LogP contribution in [0.2, 0.25) is 0 Å². The summed E-state index contributed by atoms with van der Waals surface area (Å²) in [6.45, 7) is 8.58. The quantitative estimate of drug-likeness (QED) is 0.881. The van der Waals surface area contributed by atoms with Crippen LogP contribution in [0.4, 0.5) is 0 Å². The Morgan fingerprint density at radius 2 is 1.79 bits per heavy atom. The van der Waals surface area contributed by atoms with Gasteiger partial charge < -0.3 is 5.11 Å². The third kappa shape index (κ3) is 2.53. The van der Waals surface area contributed by atoms with Crippen molar-refractivity contribution in [2.75, 3.05) is 0 Å². The number of carboxylic acids is 1. The monoisotopic (exact) mass is 262 g/mol. The highest BCUT2D eigenvalue weighted by Gasteiger charge is 2.35. The average Bonchev–Trinajstić information content (AvgIpc) is 2.26. The third-order valence-electron chi connectivity index (χ3n) is 3.05. The lowest BCUT2D eigenvalue weighted by atomic mass is 9.88. The van der Waals surface area contributed by atoms with Gasteiger partial charge in [-0.15, -0.1) is 0 Å². The number of pyridine rings is 1. The molecular weight excluding hydrogens is 244 g/mol. The molecule has 0 aromatic carbocycles. The normalized spacial score (nSPS) is 12.0. The van der Waals surface area contributed by atoms with E-state index in [1.807, 2.05) is 20.8 Å². The van der Waals surface area contributed by atoms with Gasteiger partial charge in [-0.25, -0.2) is 4.79 Å². The number of carboxylic acid groups (broad SMARTS) is 1. The zero-order valence-corrected chi connectivity index (χ0v) is 11.8. The minimum atomic E-state index is -1.41. The van der Waals surface area contributed by atoms with Crippen molar-refractivity contribution in [1.29, 1.82) is 5.26 Å². The molecule has 0 atom stereocenters. The van der Waals surface area contributed by atoms with Crippen LogP contribution in [-0.2, 0) is 15.7 Å². The maximum Gasteiger partial charge on any atom is 0.329 e. The molecule has 0 fully saturated rings. The summed E-state index contributed by atoms with van der Waals surface area (Å²) in [5, 5.41) is 18.3. The lowest BCUT2D eigenvalue weighted by Gasteiger charge is -2.31. The molecule has 5 nitrogen and oxygen atoms in total. The largest absolute Gasteiger partial charge is 0.480 e. The molecular formula is C14H18N2O3. The number of rotatable bonds is 2. The van der Waals surface area contributed by atoms with Gasteiger partial charge in [0.05, 0.1) is 0 Å². The summed E-state index contributed by atoms with van der Waals surface area (Å²) >= 11 is 0. The van der Waals surface area contributed by atoms with Crippen LogP contribution in [0, 0.1) is 11.3 Å². The zero-order valence-electron chi connectivity index (χ0n) is 11.8. The van der Waals surface area contributed by atoms with E-state index in [0.717, 1.165) is 0 Å². The number of nitriles is 1. The Morgan fingerprint density at radius 3 is 2.16 bits per heavy atom. The molecule has 1 heterocycles. The Bertz CT molecular complexity index is 613. The van der Waals surface area contributed by atoms with Crippen molar-refractivity contribution in [3.63, 3.8) is 0 Å². The van der Waals surface area contributed by atoms with E-state index in [9.17, 15) is 14.7 Å². The van der Waals surface area contributed by atoms with E-state index in [0.29, 0.717) is 5.69 Å². The van der Waals surface area contributed by atoms with Crippen molar-refractivity contribution in [3.05, 3.63) is 33.7 Å². The first kappa shape index (κ1) is 15.0. The highest BCUT2D eigenvalue weighted by atomic mass is 16.4. The van der Waals surface area contributed by atoms with Gasteiger partial charge >= 0.3 is 5.97 Å². The molecule has 5 heteroatoms. The van der Waals surface area contributed by atoms with Crippen LogP contribution in [0.15, 0.2) is 16.9 Å². The highest BCUT2D eigenvalue weighted by molar-refractivity contribution is 5.76. The molecule has 0 aliphatic carbocycles. The molecule has 0 saturated carbocycles. The van der Waals surface area contributed by atoms with E-state index in [4.69, 9.17) is 5.26 Å². The van der Waals surface area contributed by atoms with Crippen LogP contribution in [-0.4, -0.2) is 15.6 Å². The summed E-state index contributed by atoms with van der Waals surface area (Å²) in [4.78, 5) is 23.7. The molecule has 1 N–H and O–H groups in total. The van der Waals surface area contributed by atoms with Crippen LogP contribution < -0.4 is 5.56 Å². The second-order valence-electron chi connectivity index (χ2n) is 6.00. The summed E-state index contributed by atoms with van der Waals surface area (Å²) in [6, 6.07) is 4.88. The molecule has 19 heavy (non-hydrogen) atoms. The molecule has 0 spiro atoms. The molecule has 102 valence electrons. The van der Waals surface area contributed by atoms with E-state index in [2.05, 4.69) is 0 Å². The maximum absolute atomic E-state index is 12.3. The smallest absolute Gasteiger partial charge is 0.329 e. The fraction of sp³-hybridized carbons (Fsp3) is 0.500. The topological polar surface area (TPSA) is 83.1 Å². The van der Waals surface area contributed by atoms with Crippen molar-refractivity contribution in [3.8, 4) is 6.07 Å². The minimum Gasteiger partial charge on any atom is -0.480 e. The number of hydrogen-bond acceptors (Lipinski definition) is 3. The molecule has 1 aromatic heterocycles. The molecule has 0 radical (unpaired) electrons. The minimum absolute atomic E-state index is 0.0534. The first-order valence-corrected chi connectivity index (χ1v) is 5.94. The van der Waals surface area contributed by atoms with E-state index >= 15 is 0 Å². The van der Waals surface area contributed by atoms with Crippen LogP contribution in [0.25, 0.3) is 0 Å². The first-order valence-electron chi connectivity index (χ1n) is 5.94. The van der Waals surface area contributed by atoms with E-state index in [1.165, 1.54) is 24.5 Å². The molecule has 0 aliphatic heterocycles. The number of aromatic nitrogens is 1. The van der Waals surface area contributed by atoms with Crippen LogP contribution in [0.5, 0.6) is 0 Å². The Morgan fingerprint density at radius 1 is 1.26 bits per heavy atom. The Balaban J connectivity index is 3.83. The van der Waals surface area contributed by atoms with Crippen molar-refractivity contribution >= 4 is 5.97 Å². The van der Waals surface area contributed by atoms with E-state index in [-0.39, 0.29) is 5.56 Å². The SMILES string of the molecule is CC(C)(C)c1ccc(C#N)c(=O)n1C(C)(C)C(=O)O. The molecule has 1 rings (SSSR count). The molecule has 0 amide bonds.